The van der Waals surface area contributed by atoms with E-state index in [2.05, 4.69) is 15.3 Å². The van der Waals surface area contributed by atoms with Gasteiger partial charge >= 0.3 is 5.97 Å². The third-order valence-electron chi connectivity index (χ3n) is 5.94. The monoisotopic (exact) mass is 344 g/mol. The van der Waals surface area contributed by atoms with Crippen LogP contribution in [0.3, 0.4) is 0 Å². The maximum absolute atomic E-state index is 12.8. The van der Waals surface area contributed by atoms with Gasteiger partial charge in [0, 0.05) is 31.7 Å². The van der Waals surface area contributed by atoms with Crippen LogP contribution < -0.4 is 5.32 Å². The van der Waals surface area contributed by atoms with E-state index in [-0.39, 0.29) is 11.3 Å². The summed E-state index contributed by atoms with van der Waals surface area (Å²) in [7, 11) is 0. The van der Waals surface area contributed by atoms with Crippen LogP contribution in [0.4, 0.5) is 0 Å². The zero-order valence-corrected chi connectivity index (χ0v) is 14.5. The lowest BCUT2D eigenvalue weighted by Gasteiger charge is -2.39. The number of amides is 1. The van der Waals surface area contributed by atoms with Gasteiger partial charge in [0.15, 0.2) is 0 Å². The number of hydrogen-bond acceptors (Lipinski definition) is 5. The van der Waals surface area contributed by atoms with Gasteiger partial charge in [-0.3, -0.25) is 9.59 Å². The summed E-state index contributed by atoms with van der Waals surface area (Å²) in [6, 6.07) is -0.451. The highest BCUT2D eigenvalue weighted by Gasteiger charge is 2.44. The van der Waals surface area contributed by atoms with Gasteiger partial charge in [0.2, 0.25) is 0 Å². The molecule has 25 heavy (non-hydrogen) atoms. The van der Waals surface area contributed by atoms with Crippen molar-refractivity contribution >= 4 is 11.9 Å². The van der Waals surface area contributed by atoms with Crippen molar-refractivity contribution in [2.45, 2.75) is 51.0 Å². The molecule has 1 atom stereocenters. The van der Waals surface area contributed by atoms with E-state index in [0.717, 1.165) is 43.7 Å². The Hall–Kier alpha value is -2.02. The molecule has 2 N–H and O–H groups in total. The topological polar surface area (TPSA) is 95.4 Å². The number of aliphatic carboxylic acids is 1. The summed E-state index contributed by atoms with van der Waals surface area (Å²) in [4.78, 5) is 34.8. The lowest BCUT2D eigenvalue weighted by Crippen LogP contribution is -2.44. The minimum Gasteiger partial charge on any atom is -0.480 e. The summed E-state index contributed by atoms with van der Waals surface area (Å²) in [6.45, 7) is 3.93. The SMILES string of the molecule is Cc1nc(C2CC2)ncc1C(=O)N1CCC2(CC1)CNC(C(=O)O)C2. The zero-order valence-electron chi connectivity index (χ0n) is 14.5. The minimum absolute atomic E-state index is 0.00422. The molecule has 7 nitrogen and oxygen atoms in total. The highest BCUT2D eigenvalue weighted by molar-refractivity contribution is 5.95. The molecule has 2 aliphatic heterocycles. The molecule has 1 amide bonds. The van der Waals surface area contributed by atoms with E-state index in [1.807, 2.05) is 11.8 Å². The van der Waals surface area contributed by atoms with E-state index in [9.17, 15) is 14.7 Å². The Morgan fingerprint density at radius 3 is 2.60 bits per heavy atom. The minimum atomic E-state index is -0.779. The number of carboxylic acids is 1. The summed E-state index contributed by atoms with van der Waals surface area (Å²) in [6.07, 6.45) is 6.31. The van der Waals surface area contributed by atoms with Crippen LogP contribution in [0.2, 0.25) is 0 Å². The number of likely N-dealkylation sites (tertiary alicyclic amines) is 1. The largest absolute Gasteiger partial charge is 0.480 e. The highest BCUT2D eigenvalue weighted by atomic mass is 16.4. The zero-order chi connectivity index (χ0) is 17.6. The van der Waals surface area contributed by atoms with Gasteiger partial charge in [-0.05, 0) is 44.4 Å². The number of carboxylic acid groups (broad SMARTS) is 1. The van der Waals surface area contributed by atoms with Crippen molar-refractivity contribution < 1.29 is 14.7 Å². The lowest BCUT2D eigenvalue weighted by molar-refractivity contribution is -0.139. The van der Waals surface area contributed by atoms with Crippen molar-refractivity contribution in [1.82, 2.24) is 20.2 Å². The summed E-state index contributed by atoms with van der Waals surface area (Å²) < 4.78 is 0. The number of rotatable bonds is 3. The molecule has 134 valence electrons. The maximum Gasteiger partial charge on any atom is 0.320 e. The Bertz CT molecular complexity index is 708. The highest BCUT2D eigenvalue weighted by Crippen LogP contribution is 2.40. The number of nitrogens with zero attached hydrogens (tertiary/aromatic N) is 3. The van der Waals surface area contributed by atoms with Crippen molar-refractivity contribution in [3.8, 4) is 0 Å². The Morgan fingerprint density at radius 1 is 1.32 bits per heavy atom. The van der Waals surface area contributed by atoms with Crippen LogP contribution in [-0.4, -0.2) is 57.5 Å². The van der Waals surface area contributed by atoms with Crippen LogP contribution in [0.5, 0.6) is 0 Å². The van der Waals surface area contributed by atoms with E-state index >= 15 is 0 Å². The second-order valence-corrected chi connectivity index (χ2v) is 7.77. The number of piperidine rings is 1. The molecule has 3 fully saturated rings. The Morgan fingerprint density at radius 2 is 2.04 bits per heavy atom. The molecule has 2 saturated heterocycles. The molecule has 1 spiro atoms. The molecule has 0 aromatic carbocycles. The molecule has 1 saturated carbocycles. The Labute approximate surface area is 146 Å². The van der Waals surface area contributed by atoms with Gasteiger partial charge in [0.1, 0.15) is 11.9 Å². The lowest BCUT2D eigenvalue weighted by atomic mass is 9.76. The smallest absolute Gasteiger partial charge is 0.320 e. The normalized spacial score (nSPS) is 25.3. The van der Waals surface area contributed by atoms with Gasteiger partial charge in [-0.1, -0.05) is 0 Å². The number of hydrogen-bond donors (Lipinski definition) is 2. The number of aryl methyl sites for hydroxylation is 1. The van der Waals surface area contributed by atoms with Gasteiger partial charge in [-0.25, -0.2) is 9.97 Å². The molecule has 1 aromatic rings. The quantitative estimate of drug-likeness (QED) is 0.859. The Balaban J connectivity index is 1.41. The summed E-state index contributed by atoms with van der Waals surface area (Å²) in [5, 5.41) is 12.3. The number of aromatic nitrogens is 2. The molecule has 1 aliphatic carbocycles. The first kappa shape index (κ1) is 16.4. The average molecular weight is 344 g/mol. The molecule has 3 heterocycles. The fourth-order valence-electron chi connectivity index (χ4n) is 4.06. The van der Waals surface area contributed by atoms with Gasteiger partial charge in [-0.2, -0.15) is 0 Å². The number of carbonyl (C=O) groups excluding carboxylic acids is 1. The third kappa shape index (κ3) is 3.13. The average Bonchev–Trinajstić information content (AvgIpc) is 3.37. The van der Waals surface area contributed by atoms with Crippen molar-refractivity contribution in [3.63, 3.8) is 0 Å². The first-order valence-electron chi connectivity index (χ1n) is 9.06. The molecule has 7 heteroatoms. The van der Waals surface area contributed by atoms with E-state index < -0.39 is 12.0 Å². The van der Waals surface area contributed by atoms with Crippen LogP contribution in [0.25, 0.3) is 0 Å². The fraction of sp³-hybridized carbons (Fsp3) is 0.667. The molecule has 3 aliphatic rings. The molecule has 1 aromatic heterocycles. The Kier molecular flexibility index (Phi) is 3.98. The molecule has 4 rings (SSSR count). The van der Waals surface area contributed by atoms with E-state index in [0.29, 0.717) is 31.0 Å². The maximum atomic E-state index is 12.8. The van der Waals surface area contributed by atoms with Gasteiger partial charge in [-0.15, -0.1) is 0 Å². The van der Waals surface area contributed by atoms with E-state index in [1.165, 1.54) is 0 Å². The molecule has 1 unspecified atom stereocenters. The van der Waals surface area contributed by atoms with Crippen molar-refractivity contribution in [2.75, 3.05) is 19.6 Å². The summed E-state index contributed by atoms with van der Waals surface area (Å²) in [5.74, 6) is 0.562. The molecule has 0 radical (unpaired) electrons. The molecule has 0 bridgehead atoms. The van der Waals surface area contributed by atoms with Gasteiger partial charge < -0.3 is 15.3 Å². The second kappa shape index (κ2) is 6.05. The van der Waals surface area contributed by atoms with Crippen LogP contribution in [0.15, 0.2) is 6.20 Å². The van der Waals surface area contributed by atoms with E-state index in [1.54, 1.807) is 6.20 Å². The first-order valence-corrected chi connectivity index (χ1v) is 9.06. The van der Waals surface area contributed by atoms with Crippen LogP contribution >= 0.6 is 0 Å². The summed E-state index contributed by atoms with van der Waals surface area (Å²) in [5.41, 5.74) is 1.37. The number of carbonyl (C=O) groups is 2. The predicted octanol–water partition coefficient (Wildman–Crippen LogP) is 1.33. The van der Waals surface area contributed by atoms with Gasteiger partial charge in [0.25, 0.3) is 5.91 Å². The van der Waals surface area contributed by atoms with Crippen LogP contribution in [-0.2, 0) is 4.79 Å². The van der Waals surface area contributed by atoms with Crippen molar-refractivity contribution in [1.29, 1.82) is 0 Å². The number of nitrogens with one attached hydrogen (secondary N) is 1. The van der Waals surface area contributed by atoms with Crippen LogP contribution in [0.1, 0.15) is 59.9 Å². The van der Waals surface area contributed by atoms with Crippen molar-refractivity contribution in [3.05, 3.63) is 23.3 Å². The second-order valence-electron chi connectivity index (χ2n) is 7.77. The predicted molar refractivity (Wildman–Crippen MR) is 90.4 cm³/mol. The van der Waals surface area contributed by atoms with Gasteiger partial charge in [0.05, 0.1) is 11.3 Å². The van der Waals surface area contributed by atoms with E-state index in [4.69, 9.17) is 0 Å². The van der Waals surface area contributed by atoms with Crippen LogP contribution in [0, 0.1) is 12.3 Å². The fourth-order valence-corrected chi connectivity index (χ4v) is 4.06. The third-order valence-corrected chi connectivity index (χ3v) is 5.94. The van der Waals surface area contributed by atoms with Crippen molar-refractivity contribution in [2.24, 2.45) is 5.41 Å². The standard InChI is InChI=1S/C18H24N4O3/c1-11-13(9-19-15(21-11)12-2-3-12)16(23)22-6-4-18(5-7-22)8-14(17(24)25)20-10-18/h9,12,14,20H,2-8,10H2,1H3,(H,24,25). The molecular formula is C18H24N4O3. The first-order chi connectivity index (χ1) is 12.0. The summed E-state index contributed by atoms with van der Waals surface area (Å²) >= 11 is 0. The molecular weight excluding hydrogens is 320 g/mol.